The third-order valence-corrected chi connectivity index (χ3v) is 2.38. The van der Waals surface area contributed by atoms with Crippen LogP contribution < -0.4 is 9.47 Å². The topological polar surface area (TPSA) is 31.4 Å². The third-order valence-electron chi connectivity index (χ3n) is 1.69. The number of aromatic nitrogens is 1. The second-order valence-corrected chi connectivity index (χ2v) is 3.72. The Morgan fingerprint density at radius 3 is 2.86 bits per heavy atom. The molecule has 0 saturated carbocycles. The van der Waals surface area contributed by atoms with Gasteiger partial charge in [-0.05, 0) is 24.5 Å². The number of ether oxygens (including phenoxy) is 2. The maximum Gasteiger partial charge on any atom is 0.213 e. The number of rotatable bonds is 6. The number of pyridine rings is 1. The number of methoxy groups -OCH3 is 1. The molecule has 1 aromatic rings. The van der Waals surface area contributed by atoms with Crippen LogP contribution >= 0.6 is 11.8 Å². The van der Waals surface area contributed by atoms with E-state index in [-0.39, 0.29) is 0 Å². The second-order valence-electron chi connectivity index (χ2n) is 2.73. The molecular weight excluding hydrogens is 198 g/mol. The van der Waals surface area contributed by atoms with Gasteiger partial charge in [0.25, 0.3) is 0 Å². The summed E-state index contributed by atoms with van der Waals surface area (Å²) in [5.74, 6) is 2.53. The fraction of sp³-hybridized carbons (Fsp3) is 0.500. The minimum absolute atomic E-state index is 0.659. The normalized spacial score (nSPS) is 9.86. The molecule has 0 radical (unpaired) electrons. The highest BCUT2D eigenvalue weighted by molar-refractivity contribution is 7.98. The highest BCUT2D eigenvalue weighted by Crippen LogP contribution is 2.13. The van der Waals surface area contributed by atoms with E-state index in [1.165, 1.54) is 0 Å². The first-order chi connectivity index (χ1) is 6.86. The van der Waals surface area contributed by atoms with Crippen molar-refractivity contribution in [1.29, 1.82) is 0 Å². The van der Waals surface area contributed by atoms with E-state index in [1.807, 2.05) is 23.9 Å². The van der Waals surface area contributed by atoms with Gasteiger partial charge in [0.15, 0.2) is 0 Å². The molecule has 0 aromatic carbocycles. The summed E-state index contributed by atoms with van der Waals surface area (Å²) in [4.78, 5) is 4.09. The summed E-state index contributed by atoms with van der Waals surface area (Å²) >= 11 is 1.82. The zero-order valence-corrected chi connectivity index (χ0v) is 9.34. The van der Waals surface area contributed by atoms with Crippen LogP contribution in [0.3, 0.4) is 0 Å². The quantitative estimate of drug-likeness (QED) is 0.678. The predicted octanol–water partition coefficient (Wildman–Crippen LogP) is 2.22. The van der Waals surface area contributed by atoms with Gasteiger partial charge in [-0.3, -0.25) is 0 Å². The molecule has 0 bridgehead atoms. The van der Waals surface area contributed by atoms with Crippen LogP contribution in [0.4, 0.5) is 0 Å². The monoisotopic (exact) mass is 213 g/mol. The molecule has 3 nitrogen and oxygen atoms in total. The average molecular weight is 213 g/mol. The van der Waals surface area contributed by atoms with Crippen LogP contribution in [0.25, 0.3) is 0 Å². The Bertz CT molecular complexity index is 251. The van der Waals surface area contributed by atoms with Gasteiger partial charge >= 0.3 is 0 Å². The molecule has 0 aliphatic heterocycles. The molecule has 78 valence electrons. The first-order valence-electron chi connectivity index (χ1n) is 4.48. The zero-order chi connectivity index (χ0) is 10.2. The fourth-order valence-electron chi connectivity index (χ4n) is 0.953. The lowest BCUT2D eigenvalue weighted by Crippen LogP contribution is -2.00. The molecule has 0 aliphatic carbocycles. The molecule has 0 aliphatic rings. The van der Waals surface area contributed by atoms with Crippen LogP contribution in [0.5, 0.6) is 11.6 Å². The van der Waals surface area contributed by atoms with E-state index in [0.717, 1.165) is 24.5 Å². The van der Waals surface area contributed by atoms with E-state index < -0.39 is 0 Å². The lowest BCUT2D eigenvalue weighted by Gasteiger charge is -2.04. The van der Waals surface area contributed by atoms with Crippen LogP contribution in [0.15, 0.2) is 18.3 Å². The lowest BCUT2D eigenvalue weighted by molar-refractivity contribution is 0.305. The Kier molecular flexibility index (Phi) is 5.22. The Morgan fingerprint density at radius 2 is 2.29 bits per heavy atom. The van der Waals surface area contributed by atoms with Crippen molar-refractivity contribution in [3.63, 3.8) is 0 Å². The Balaban J connectivity index is 2.29. The highest BCUT2D eigenvalue weighted by Gasteiger charge is 1.95. The van der Waals surface area contributed by atoms with E-state index in [9.17, 15) is 0 Å². The first-order valence-corrected chi connectivity index (χ1v) is 5.88. The van der Waals surface area contributed by atoms with Crippen molar-refractivity contribution in [3.8, 4) is 11.6 Å². The minimum Gasteiger partial charge on any atom is -0.495 e. The smallest absolute Gasteiger partial charge is 0.213 e. The van der Waals surface area contributed by atoms with Crippen molar-refractivity contribution in [1.82, 2.24) is 4.98 Å². The number of hydrogen-bond donors (Lipinski definition) is 0. The van der Waals surface area contributed by atoms with Gasteiger partial charge in [0.2, 0.25) is 5.88 Å². The molecule has 4 heteroatoms. The second kappa shape index (κ2) is 6.54. The van der Waals surface area contributed by atoms with Gasteiger partial charge in [-0.25, -0.2) is 4.98 Å². The highest BCUT2D eigenvalue weighted by atomic mass is 32.2. The van der Waals surface area contributed by atoms with Crippen molar-refractivity contribution in [2.45, 2.75) is 6.42 Å². The predicted molar refractivity (Wildman–Crippen MR) is 59.3 cm³/mol. The SMILES string of the molecule is COc1ccc(OCCCSC)nc1. The zero-order valence-electron chi connectivity index (χ0n) is 8.53. The van der Waals surface area contributed by atoms with Crippen molar-refractivity contribution >= 4 is 11.8 Å². The molecule has 0 N–H and O–H groups in total. The van der Waals surface area contributed by atoms with E-state index in [1.54, 1.807) is 13.3 Å². The summed E-state index contributed by atoms with van der Waals surface area (Å²) in [7, 11) is 1.62. The fourth-order valence-corrected chi connectivity index (χ4v) is 1.36. The Hall–Kier alpha value is -0.900. The minimum atomic E-state index is 0.659. The average Bonchev–Trinajstić information content (AvgIpc) is 2.25. The van der Waals surface area contributed by atoms with Gasteiger partial charge in [0, 0.05) is 6.07 Å². The van der Waals surface area contributed by atoms with Crippen LogP contribution in [-0.2, 0) is 0 Å². The largest absolute Gasteiger partial charge is 0.495 e. The van der Waals surface area contributed by atoms with Crippen molar-refractivity contribution in [3.05, 3.63) is 18.3 Å². The molecule has 14 heavy (non-hydrogen) atoms. The molecule has 0 fully saturated rings. The lowest BCUT2D eigenvalue weighted by atomic mass is 10.4. The van der Waals surface area contributed by atoms with Crippen molar-refractivity contribution < 1.29 is 9.47 Å². The number of thioether (sulfide) groups is 1. The molecule has 1 heterocycles. The van der Waals surface area contributed by atoms with E-state index in [2.05, 4.69) is 11.2 Å². The first kappa shape index (κ1) is 11.2. The summed E-state index contributed by atoms with van der Waals surface area (Å²) in [6, 6.07) is 3.66. The molecule has 1 aromatic heterocycles. The van der Waals surface area contributed by atoms with Gasteiger partial charge in [-0.15, -0.1) is 0 Å². The van der Waals surface area contributed by atoms with Gasteiger partial charge in [0.05, 0.1) is 19.9 Å². The molecule has 0 amide bonds. The molecule has 0 unspecified atom stereocenters. The number of hydrogen-bond acceptors (Lipinski definition) is 4. The van der Waals surface area contributed by atoms with Crippen molar-refractivity contribution in [2.24, 2.45) is 0 Å². The Morgan fingerprint density at radius 1 is 1.43 bits per heavy atom. The van der Waals surface area contributed by atoms with E-state index in [4.69, 9.17) is 9.47 Å². The van der Waals surface area contributed by atoms with Crippen LogP contribution in [0.2, 0.25) is 0 Å². The Labute approximate surface area is 88.8 Å². The van der Waals surface area contributed by atoms with Crippen molar-refractivity contribution in [2.75, 3.05) is 25.7 Å². The maximum atomic E-state index is 5.43. The summed E-state index contributed by atoms with van der Waals surface area (Å²) in [5, 5.41) is 0. The molecular formula is C10H15NO2S. The van der Waals surface area contributed by atoms with Crippen LogP contribution in [0.1, 0.15) is 6.42 Å². The van der Waals surface area contributed by atoms with Crippen LogP contribution in [-0.4, -0.2) is 30.7 Å². The molecule has 0 spiro atoms. The maximum absolute atomic E-state index is 5.43. The molecule has 0 saturated heterocycles. The van der Waals surface area contributed by atoms with Gasteiger partial charge < -0.3 is 9.47 Å². The van der Waals surface area contributed by atoms with Gasteiger partial charge in [-0.2, -0.15) is 11.8 Å². The van der Waals surface area contributed by atoms with Gasteiger partial charge in [0.1, 0.15) is 5.75 Å². The van der Waals surface area contributed by atoms with Gasteiger partial charge in [-0.1, -0.05) is 0 Å². The summed E-state index contributed by atoms with van der Waals surface area (Å²) < 4.78 is 10.4. The van der Waals surface area contributed by atoms with Crippen LogP contribution in [0, 0.1) is 0 Å². The summed E-state index contributed by atoms with van der Waals surface area (Å²) in [6.45, 7) is 0.722. The van der Waals surface area contributed by atoms with E-state index in [0.29, 0.717) is 5.88 Å². The van der Waals surface area contributed by atoms with E-state index >= 15 is 0 Å². The molecule has 0 atom stereocenters. The molecule has 1 rings (SSSR count). The summed E-state index contributed by atoms with van der Waals surface area (Å²) in [6.07, 6.45) is 4.80. The number of nitrogens with zero attached hydrogens (tertiary/aromatic N) is 1. The third kappa shape index (κ3) is 3.87. The summed E-state index contributed by atoms with van der Waals surface area (Å²) in [5.41, 5.74) is 0. The standard InChI is InChI=1S/C10H15NO2S/c1-12-9-4-5-10(11-8-9)13-6-3-7-14-2/h4-5,8H,3,6-7H2,1-2H3.